The lowest BCUT2D eigenvalue weighted by molar-refractivity contribution is 0.0931. The average molecular weight is 452 g/mol. The highest BCUT2D eigenvalue weighted by atomic mass is 79.9. The van der Waals surface area contributed by atoms with Crippen LogP contribution in [-0.4, -0.2) is 25.7 Å². The molecule has 1 amide bonds. The highest BCUT2D eigenvalue weighted by Crippen LogP contribution is 2.45. The number of carbonyl (C=O) groups excluding carboxylic acids is 1. The molecular weight excluding hydrogens is 437 g/mol. The third-order valence-electron chi connectivity index (χ3n) is 5.13. The number of rotatable bonds is 4. The molecule has 1 aliphatic rings. The van der Waals surface area contributed by atoms with Crippen molar-refractivity contribution in [2.24, 2.45) is 0 Å². The van der Waals surface area contributed by atoms with Gasteiger partial charge in [-0.2, -0.15) is 5.10 Å². The number of nitrogens with one attached hydrogen (secondary N) is 1. The van der Waals surface area contributed by atoms with Gasteiger partial charge in [-0.3, -0.25) is 14.8 Å². The predicted octanol–water partition coefficient (Wildman–Crippen LogP) is 4.14. The number of carbonyl (C=O) groups is 1. The first-order valence-corrected chi connectivity index (χ1v) is 9.87. The van der Waals surface area contributed by atoms with E-state index in [4.69, 9.17) is 0 Å². The van der Waals surface area contributed by atoms with Gasteiger partial charge in [0.15, 0.2) is 0 Å². The van der Waals surface area contributed by atoms with Gasteiger partial charge in [0.25, 0.3) is 5.91 Å². The monoisotopic (exact) mass is 451 g/mol. The number of benzene rings is 1. The maximum absolute atomic E-state index is 13.2. The Balaban J connectivity index is 1.48. The van der Waals surface area contributed by atoms with E-state index >= 15 is 0 Å². The highest BCUT2D eigenvalue weighted by molar-refractivity contribution is 9.10. The Morgan fingerprint density at radius 3 is 2.55 bits per heavy atom. The first kappa shape index (κ1) is 17.9. The van der Waals surface area contributed by atoms with Gasteiger partial charge >= 0.3 is 0 Å². The molecule has 29 heavy (non-hydrogen) atoms. The van der Waals surface area contributed by atoms with Gasteiger partial charge in [0.05, 0.1) is 40.4 Å². The molecule has 0 unspecified atom stereocenters. The van der Waals surface area contributed by atoms with E-state index in [1.54, 1.807) is 41.6 Å². The van der Waals surface area contributed by atoms with E-state index in [-0.39, 0.29) is 11.7 Å². The predicted molar refractivity (Wildman–Crippen MR) is 109 cm³/mol. The minimum Gasteiger partial charge on any atom is -0.341 e. The van der Waals surface area contributed by atoms with Gasteiger partial charge < -0.3 is 5.32 Å². The molecule has 0 bridgehead atoms. The van der Waals surface area contributed by atoms with Crippen LogP contribution in [0.25, 0.3) is 16.6 Å². The first-order chi connectivity index (χ1) is 14.1. The second kappa shape index (κ2) is 6.73. The average Bonchev–Trinajstić information content (AvgIpc) is 3.38. The van der Waals surface area contributed by atoms with Crippen LogP contribution >= 0.6 is 15.9 Å². The number of fused-ring (bicyclic) bond motifs is 1. The molecule has 1 saturated carbocycles. The molecule has 1 N–H and O–H groups in total. The molecule has 0 saturated heterocycles. The lowest BCUT2D eigenvalue weighted by Crippen LogP contribution is -2.35. The molecule has 0 aliphatic heterocycles. The standard InChI is InChI=1S/C21H15BrFN5O/c22-13-1-6-19(25-9-13)21(7-8-21)27-20(29)17-10-24-12-18-16(17)11-26-28(18)15-4-2-14(23)3-5-15/h1-6,9-12H,7-8H2,(H,27,29). The van der Waals surface area contributed by atoms with Crippen LogP contribution in [0.5, 0.6) is 0 Å². The number of hydrogen-bond acceptors (Lipinski definition) is 4. The zero-order valence-electron chi connectivity index (χ0n) is 15.1. The lowest BCUT2D eigenvalue weighted by Gasteiger charge is -2.17. The number of aromatic nitrogens is 4. The summed E-state index contributed by atoms with van der Waals surface area (Å²) in [5.41, 5.74) is 2.22. The van der Waals surface area contributed by atoms with Gasteiger partial charge in [0, 0.05) is 22.3 Å². The molecule has 0 radical (unpaired) electrons. The van der Waals surface area contributed by atoms with Crippen LogP contribution in [0, 0.1) is 5.82 Å². The summed E-state index contributed by atoms with van der Waals surface area (Å²) in [6.07, 6.45) is 8.23. The molecule has 0 atom stereocenters. The van der Waals surface area contributed by atoms with E-state index in [0.717, 1.165) is 23.0 Å². The van der Waals surface area contributed by atoms with E-state index < -0.39 is 5.54 Å². The summed E-state index contributed by atoms with van der Waals surface area (Å²) in [6, 6.07) is 9.84. The minimum atomic E-state index is -0.438. The van der Waals surface area contributed by atoms with Crippen LogP contribution in [0.15, 0.2) is 65.7 Å². The smallest absolute Gasteiger partial charge is 0.254 e. The molecule has 1 aliphatic carbocycles. The summed E-state index contributed by atoms with van der Waals surface area (Å²) in [5, 5.41) is 8.18. The SMILES string of the molecule is O=C(NC1(c2ccc(Br)cn2)CC1)c1cncc2c1cnn2-c1ccc(F)cc1. The maximum atomic E-state index is 13.2. The van der Waals surface area contributed by atoms with Gasteiger partial charge in [0.1, 0.15) is 5.82 Å². The van der Waals surface area contributed by atoms with Crippen molar-refractivity contribution >= 4 is 32.7 Å². The second-order valence-electron chi connectivity index (χ2n) is 7.05. The fourth-order valence-corrected chi connectivity index (χ4v) is 3.66. The Kier molecular flexibility index (Phi) is 4.16. The van der Waals surface area contributed by atoms with Crippen molar-refractivity contribution in [1.29, 1.82) is 0 Å². The Hall–Kier alpha value is -3.13. The van der Waals surface area contributed by atoms with E-state index in [2.05, 4.69) is 36.3 Å². The van der Waals surface area contributed by atoms with E-state index in [1.807, 2.05) is 12.1 Å². The zero-order valence-corrected chi connectivity index (χ0v) is 16.7. The first-order valence-electron chi connectivity index (χ1n) is 9.08. The molecule has 4 aromatic rings. The van der Waals surface area contributed by atoms with E-state index in [1.165, 1.54) is 12.1 Å². The Morgan fingerprint density at radius 2 is 1.86 bits per heavy atom. The molecule has 144 valence electrons. The minimum absolute atomic E-state index is 0.219. The number of nitrogens with zero attached hydrogens (tertiary/aromatic N) is 4. The summed E-state index contributed by atoms with van der Waals surface area (Å²) >= 11 is 3.38. The van der Waals surface area contributed by atoms with Crippen molar-refractivity contribution in [3.63, 3.8) is 0 Å². The second-order valence-corrected chi connectivity index (χ2v) is 7.97. The molecule has 1 aromatic carbocycles. The number of amides is 1. The summed E-state index contributed by atoms with van der Waals surface area (Å²) in [4.78, 5) is 21.7. The fraction of sp³-hybridized carbons (Fsp3) is 0.143. The largest absolute Gasteiger partial charge is 0.341 e. The quantitative estimate of drug-likeness (QED) is 0.506. The number of halogens is 2. The van der Waals surface area contributed by atoms with E-state index in [9.17, 15) is 9.18 Å². The van der Waals surface area contributed by atoms with Crippen LogP contribution < -0.4 is 5.32 Å². The summed E-state index contributed by atoms with van der Waals surface area (Å²) < 4.78 is 15.8. The molecule has 5 rings (SSSR count). The maximum Gasteiger partial charge on any atom is 0.254 e. The van der Waals surface area contributed by atoms with Crippen molar-refractivity contribution in [3.05, 3.63) is 82.7 Å². The molecule has 6 nitrogen and oxygen atoms in total. The Labute approximate surface area is 173 Å². The molecule has 3 heterocycles. The van der Waals surface area contributed by atoms with Crippen molar-refractivity contribution < 1.29 is 9.18 Å². The molecular formula is C21H15BrFN5O. The van der Waals surface area contributed by atoms with Crippen LogP contribution in [0.4, 0.5) is 4.39 Å². The number of hydrogen-bond donors (Lipinski definition) is 1. The summed E-state index contributed by atoms with van der Waals surface area (Å²) in [7, 11) is 0. The van der Waals surface area contributed by atoms with Crippen molar-refractivity contribution in [2.75, 3.05) is 0 Å². The van der Waals surface area contributed by atoms with Gasteiger partial charge in [-0.25, -0.2) is 9.07 Å². The van der Waals surface area contributed by atoms with Gasteiger partial charge in [0.2, 0.25) is 0 Å². The molecule has 0 spiro atoms. The number of pyridine rings is 2. The van der Waals surface area contributed by atoms with Crippen LogP contribution in [0.1, 0.15) is 28.9 Å². The van der Waals surface area contributed by atoms with Gasteiger partial charge in [-0.05, 0) is 65.2 Å². The molecule has 1 fully saturated rings. The van der Waals surface area contributed by atoms with Crippen LogP contribution in [0.2, 0.25) is 0 Å². The Bertz CT molecular complexity index is 1220. The highest BCUT2D eigenvalue weighted by Gasteiger charge is 2.47. The van der Waals surface area contributed by atoms with Crippen LogP contribution in [0.3, 0.4) is 0 Å². The normalized spacial score (nSPS) is 14.7. The van der Waals surface area contributed by atoms with Gasteiger partial charge in [-0.15, -0.1) is 0 Å². The van der Waals surface area contributed by atoms with Crippen molar-refractivity contribution in [2.45, 2.75) is 18.4 Å². The van der Waals surface area contributed by atoms with Crippen LogP contribution in [-0.2, 0) is 5.54 Å². The third-order valence-corrected chi connectivity index (χ3v) is 5.60. The van der Waals surface area contributed by atoms with E-state index in [0.29, 0.717) is 22.2 Å². The zero-order chi connectivity index (χ0) is 20.0. The topological polar surface area (TPSA) is 72.7 Å². The summed E-state index contributed by atoms with van der Waals surface area (Å²) in [6.45, 7) is 0. The third kappa shape index (κ3) is 3.19. The molecule has 3 aromatic heterocycles. The Morgan fingerprint density at radius 1 is 1.07 bits per heavy atom. The fourth-order valence-electron chi connectivity index (χ4n) is 3.42. The van der Waals surface area contributed by atoms with Crippen molar-refractivity contribution in [3.8, 4) is 5.69 Å². The lowest BCUT2D eigenvalue weighted by atomic mass is 10.1. The van der Waals surface area contributed by atoms with Crippen molar-refractivity contribution in [1.82, 2.24) is 25.1 Å². The molecule has 8 heteroatoms. The summed E-state index contributed by atoms with van der Waals surface area (Å²) in [5.74, 6) is -0.538. The van der Waals surface area contributed by atoms with Gasteiger partial charge in [-0.1, -0.05) is 0 Å².